The molecular formula is C25H24ClFN2O3. The van der Waals surface area contributed by atoms with Crippen LogP contribution in [0.3, 0.4) is 0 Å². The van der Waals surface area contributed by atoms with Crippen LogP contribution in [0, 0.1) is 5.82 Å². The molecule has 7 heteroatoms. The van der Waals surface area contributed by atoms with E-state index in [9.17, 15) is 14.0 Å². The van der Waals surface area contributed by atoms with Crippen LogP contribution in [0.15, 0.2) is 78.9 Å². The third kappa shape index (κ3) is 6.31. The van der Waals surface area contributed by atoms with Crippen LogP contribution in [0.2, 0.25) is 5.02 Å². The highest BCUT2D eigenvalue weighted by molar-refractivity contribution is 6.31. The summed E-state index contributed by atoms with van der Waals surface area (Å²) in [5.74, 6) is -0.724. The molecule has 1 unspecified atom stereocenters. The van der Waals surface area contributed by atoms with Crippen LogP contribution in [0.25, 0.3) is 0 Å². The summed E-state index contributed by atoms with van der Waals surface area (Å²) in [6.45, 7) is -0.172. The molecule has 32 heavy (non-hydrogen) atoms. The van der Waals surface area contributed by atoms with Crippen LogP contribution >= 0.6 is 11.6 Å². The van der Waals surface area contributed by atoms with E-state index < -0.39 is 17.8 Å². The van der Waals surface area contributed by atoms with Crippen LogP contribution in [0.5, 0.6) is 5.75 Å². The fourth-order valence-electron chi connectivity index (χ4n) is 3.29. The van der Waals surface area contributed by atoms with E-state index >= 15 is 0 Å². The van der Waals surface area contributed by atoms with Crippen LogP contribution < -0.4 is 10.1 Å². The molecule has 0 saturated carbocycles. The molecule has 0 fully saturated rings. The van der Waals surface area contributed by atoms with Gasteiger partial charge < -0.3 is 15.0 Å². The van der Waals surface area contributed by atoms with Crippen molar-refractivity contribution in [1.82, 2.24) is 10.2 Å². The fraction of sp³-hybridized carbons (Fsp3) is 0.200. The first-order valence-corrected chi connectivity index (χ1v) is 10.5. The molecule has 3 aromatic rings. The average Bonchev–Trinajstić information content (AvgIpc) is 2.82. The molecule has 5 nitrogen and oxygen atoms in total. The number of ether oxygens (including phenoxy) is 1. The largest absolute Gasteiger partial charge is 0.484 e. The summed E-state index contributed by atoms with van der Waals surface area (Å²) in [6, 6.07) is 21.3. The Morgan fingerprint density at radius 1 is 1.00 bits per heavy atom. The third-order valence-corrected chi connectivity index (χ3v) is 5.36. The Morgan fingerprint density at radius 2 is 1.66 bits per heavy atom. The van der Waals surface area contributed by atoms with E-state index in [0.29, 0.717) is 22.8 Å². The van der Waals surface area contributed by atoms with E-state index in [1.807, 2.05) is 42.5 Å². The van der Waals surface area contributed by atoms with Crippen LogP contribution in [-0.4, -0.2) is 36.4 Å². The SMILES string of the molecule is CNC(=O)C(Cc1ccccc1)N(Cc1ccccc1Cl)C(=O)COc1ccc(F)cc1. The zero-order valence-electron chi connectivity index (χ0n) is 17.6. The van der Waals surface area contributed by atoms with Gasteiger partial charge in [0.1, 0.15) is 17.6 Å². The number of nitrogens with zero attached hydrogens (tertiary/aromatic N) is 1. The third-order valence-electron chi connectivity index (χ3n) is 4.99. The number of likely N-dealkylation sites (N-methyl/N-ethyl adjacent to an activating group) is 1. The first-order chi connectivity index (χ1) is 15.5. The number of carbonyl (C=O) groups excluding carboxylic acids is 2. The quantitative estimate of drug-likeness (QED) is 0.526. The molecule has 0 aliphatic heterocycles. The minimum atomic E-state index is -0.775. The fourth-order valence-corrected chi connectivity index (χ4v) is 3.49. The number of hydrogen-bond donors (Lipinski definition) is 1. The van der Waals surface area contributed by atoms with E-state index in [4.69, 9.17) is 16.3 Å². The Labute approximate surface area is 191 Å². The molecule has 0 heterocycles. The molecule has 166 valence electrons. The zero-order chi connectivity index (χ0) is 22.9. The minimum Gasteiger partial charge on any atom is -0.484 e. The predicted octanol–water partition coefficient (Wildman–Crippen LogP) is 4.24. The molecule has 0 saturated heterocycles. The molecule has 1 atom stereocenters. The molecule has 3 aromatic carbocycles. The van der Waals surface area contributed by atoms with Crippen LogP contribution in [0.1, 0.15) is 11.1 Å². The summed E-state index contributed by atoms with van der Waals surface area (Å²) in [5.41, 5.74) is 1.63. The minimum absolute atomic E-state index is 0.135. The summed E-state index contributed by atoms with van der Waals surface area (Å²) in [4.78, 5) is 27.6. The maximum absolute atomic E-state index is 13.3. The van der Waals surface area contributed by atoms with Crippen molar-refractivity contribution >= 4 is 23.4 Å². The molecule has 0 aliphatic carbocycles. The van der Waals surface area contributed by atoms with Gasteiger partial charge in [0, 0.05) is 25.0 Å². The highest BCUT2D eigenvalue weighted by Crippen LogP contribution is 2.21. The lowest BCUT2D eigenvalue weighted by molar-refractivity contribution is -0.142. The summed E-state index contributed by atoms with van der Waals surface area (Å²) in [7, 11) is 1.54. The van der Waals surface area contributed by atoms with E-state index in [0.717, 1.165) is 5.56 Å². The topological polar surface area (TPSA) is 58.6 Å². The van der Waals surface area contributed by atoms with Crippen molar-refractivity contribution < 1.29 is 18.7 Å². The standard InChI is InChI=1S/C25H24ClFN2O3/c1-28-25(31)23(15-18-7-3-2-4-8-18)29(16-19-9-5-6-10-22(19)26)24(30)17-32-21-13-11-20(27)12-14-21/h2-14,23H,15-17H2,1H3,(H,28,31). The monoisotopic (exact) mass is 454 g/mol. The Balaban J connectivity index is 1.87. The average molecular weight is 455 g/mol. The molecule has 1 N–H and O–H groups in total. The van der Waals surface area contributed by atoms with Crippen LogP contribution in [-0.2, 0) is 22.6 Å². The second-order valence-electron chi connectivity index (χ2n) is 7.18. The molecule has 0 bridgehead atoms. The van der Waals surface area contributed by atoms with Crippen molar-refractivity contribution in [3.05, 3.63) is 101 Å². The van der Waals surface area contributed by atoms with E-state index in [2.05, 4.69) is 5.32 Å². The van der Waals surface area contributed by atoms with Gasteiger partial charge in [0.15, 0.2) is 6.61 Å². The van der Waals surface area contributed by atoms with Crippen molar-refractivity contribution in [1.29, 1.82) is 0 Å². The number of halogens is 2. The maximum Gasteiger partial charge on any atom is 0.261 e. The first kappa shape index (κ1) is 23.3. The molecule has 0 spiro atoms. The number of rotatable bonds is 9. The number of benzene rings is 3. The van der Waals surface area contributed by atoms with Gasteiger partial charge in [0.25, 0.3) is 5.91 Å². The maximum atomic E-state index is 13.3. The second-order valence-corrected chi connectivity index (χ2v) is 7.58. The van der Waals surface area contributed by atoms with Gasteiger partial charge in [0.2, 0.25) is 5.91 Å². The van der Waals surface area contributed by atoms with Crippen molar-refractivity contribution in [3.8, 4) is 5.75 Å². The second kappa shape index (κ2) is 11.3. The van der Waals surface area contributed by atoms with Crippen molar-refractivity contribution in [2.45, 2.75) is 19.0 Å². The summed E-state index contributed by atoms with van der Waals surface area (Å²) >= 11 is 6.33. The van der Waals surface area contributed by atoms with Crippen molar-refractivity contribution in [3.63, 3.8) is 0 Å². The smallest absolute Gasteiger partial charge is 0.261 e. The highest BCUT2D eigenvalue weighted by Gasteiger charge is 2.30. The van der Waals surface area contributed by atoms with Gasteiger partial charge in [-0.05, 0) is 41.5 Å². The number of nitrogens with one attached hydrogen (secondary N) is 1. The van der Waals surface area contributed by atoms with Crippen molar-refractivity contribution in [2.24, 2.45) is 0 Å². The van der Waals surface area contributed by atoms with E-state index in [-0.39, 0.29) is 19.1 Å². The Morgan fingerprint density at radius 3 is 2.31 bits per heavy atom. The summed E-state index contributed by atoms with van der Waals surface area (Å²) < 4.78 is 18.7. The van der Waals surface area contributed by atoms with Gasteiger partial charge in [-0.25, -0.2) is 4.39 Å². The Kier molecular flexibility index (Phi) is 8.22. The number of carbonyl (C=O) groups is 2. The number of hydrogen-bond acceptors (Lipinski definition) is 3. The predicted molar refractivity (Wildman–Crippen MR) is 122 cm³/mol. The molecule has 0 radical (unpaired) electrons. The Hall–Kier alpha value is -3.38. The lowest BCUT2D eigenvalue weighted by atomic mass is 10.0. The van der Waals surface area contributed by atoms with Gasteiger partial charge in [-0.15, -0.1) is 0 Å². The van der Waals surface area contributed by atoms with E-state index in [1.165, 1.54) is 36.2 Å². The number of amides is 2. The zero-order valence-corrected chi connectivity index (χ0v) is 18.4. The molecule has 0 aromatic heterocycles. The van der Waals surface area contributed by atoms with Crippen molar-refractivity contribution in [2.75, 3.05) is 13.7 Å². The molecule has 0 aliphatic rings. The van der Waals surface area contributed by atoms with Crippen LogP contribution in [0.4, 0.5) is 4.39 Å². The van der Waals surface area contributed by atoms with Gasteiger partial charge in [-0.2, -0.15) is 0 Å². The highest BCUT2D eigenvalue weighted by atomic mass is 35.5. The molecule has 2 amide bonds. The van der Waals surface area contributed by atoms with Gasteiger partial charge in [-0.1, -0.05) is 60.1 Å². The van der Waals surface area contributed by atoms with Gasteiger partial charge in [-0.3, -0.25) is 9.59 Å². The lowest BCUT2D eigenvalue weighted by Crippen LogP contribution is -2.51. The van der Waals surface area contributed by atoms with Gasteiger partial charge >= 0.3 is 0 Å². The summed E-state index contributed by atoms with van der Waals surface area (Å²) in [5, 5.41) is 3.15. The normalized spacial score (nSPS) is 11.5. The first-order valence-electron chi connectivity index (χ1n) is 10.1. The van der Waals surface area contributed by atoms with Gasteiger partial charge in [0.05, 0.1) is 0 Å². The van der Waals surface area contributed by atoms with E-state index in [1.54, 1.807) is 12.1 Å². The molecule has 3 rings (SSSR count). The Bertz CT molecular complexity index is 1040. The summed E-state index contributed by atoms with van der Waals surface area (Å²) in [6.07, 6.45) is 0.327. The molecular weight excluding hydrogens is 431 g/mol. The lowest BCUT2D eigenvalue weighted by Gasteiger charge is -2.31.